The van der Waals surface area contributed by atoms with Gasteiger partial charge >= 0.3 is 0 Å². The molecule has 0 bridgehead atoms. The lowest BCUT2D eigenvalue weighted by molar-refractivity contribution is 0.347. The van der Waals surface area contributed by atoms with E-state index in [1.807, 2.05) is 0 Å². The summed E-state index contributed by atoms with van der Waals surface area (Å²) in [4.78, 5) is 0. The van der Waals surface area contributed by atoms with Crippen LogP contribution in [0.3, 0.4) is 0 Å². The van der Waals surface area contributed by atoms with Gasteiger partial charge in [0, 0.05) is 18.2 Å². The molecule has 1 aromatic rings. The van der Waals surface area contributed by atoms with Crippen molar-refractivity contribution in [3.8, 4) is 11.5 Å². The van der Waals surface area contributed by atoms with Gasteiger partial charge in [-0.05, 0) is 15.9 Å². The quantitative estimate of drug-likeness (QED) is 0.908. The van der Waals surface area contributed by atoms with Crippen LogP contribution < -0.4 is 15.2 Å². The Labute approximate surface area is 90.1 Å². The summed E-state index contributed by atoms with van der Waals surface area (Å²) in [5.74, 6) is 0.391. The Morgan fingerprint density at radius 2 is 2.07 bits per heavy atom. The second-order valence-electron chi connectivity index (χ2n) is 2.59. The summed E-state index contributed by atoms with van der Waals surface area (Å²) in [6.07, 6.45) is 0. The maximum atomic E-state index is 13.5. The van der Waals surface area contributed by atoms with E-state index in [0.717, 1.165) is 0 Å². The molecular formula is C9H11BrFNO2. The SMILES string of the molecule is COc1cc(Br)c(F)c(CN)c1OC. The van der Waals surface area contributed by atoms with Gasteiger partial charge in [-0.25, -0.2) is 4.39 Å². The molecule has 3 nitrogen and oxygen atoms in total. The number of halogens is 2. The number of benzene rings is 1. The molecule has 0 fully saturated rings. The minimum absolute atomic E-state index is 0.0603. The highest BCUT2D eigenvalue weighted by Gasteiger charge is 2.17. The maximum absolute atomic E-state index is 13.5. The van der Waals surface area contributed by atoms with E-state index in [0.29, 0.717) is 21.5 Å². The molecule has 0 atom stereocenters. The lowest BCUT2D eigenvalue weighted by atomic mass is 10.1. The van der Waals surface area contributed by atoms with Gasteiger partial charge < -0.3 is 15.2 Å². The first-order valence-electron chi connectivity index (χ1n) is 3.94. The molecule has 0 saturated heterocycles. The highest BCUT2D eigenvalue weighted by molar-refractivity contribution is 9.10. The maximum Gasteiger partial charge on any atom is 0.168 e. The van der Waals surface area contributed by atoms with Crippen molar-refractivity contribution in [1.82, 2.24) is 0 Å². The van der Waals surface area contributed by atoms with E-state index < -0.39 is 5.82 Å². The van der Waals surface area contributed by atoms with Crippen molar-refractivity contribution < 1.29 is 13.9 Å². The van der Waals surface area contributed by atoms with E-state index in [1.54, 1.807) is 0 Å². The van der Waals surface area contributed by atoms with Crippen molar-refractivity contribution in [3.05, 3.63) is 21.9 Å². The van der Waals surface area contributed by atoms with Crippen molar-refractivity contribution in [3.63, 3.8) is 0 Å². The second-order valence-corrected chi connectivity index (χ2v) is 3.44. The van der Waals surface area contributed by atoms with Crippen LogP contribution in [0.2, 0.25) is 0 Å². The predicted octanol–water partition coefficient (Wildman–Crippen LogP) is 2.06. The number of methoxy groups -OCH3 is 2. The molecule has 0 aliphatic rings. The number of hydrogen-bond donors (Lipinski definition) is 1. The topological polar surface area (TPSA) is 44.5 Å². The third-order valence-electron chi connectivity index (χ3n) is 1.86. The molecule has 0 radical (unpaired) electrons. The van der Waals surface area contributed by atoms with Crippen molar-refractivity contribution in [2.24, 2.45) is 5.73 Å². The molecule has 0 saturated carbocycles. The summed E-state index contributed by atoms with van der Waals surface area (Å²) >= 11 is 3.08. The van der Waals surface area contributed by atoms with Gasteiger partial charge in [-0.2, -0.15) is 0 Å². The van der Waals surface area contributed by atoms with Crippen LogP contribution in [0, 0.1) is 5.82 Å². The van der Waals surface area contributed by atoms with Gasteiger partial charge in [-0.1, -0.05) is 0 Å². The molecule has 1 aromatic carbocycles. The second kappa shape index (κ2) is 4.61. The molecule has 0 aliphatic carbocycles. The zero-order valence-electron chi connectivity index (χ0n) is 7.93. The van der Waals surface area contributed by atoms with E-state index in [1.165, 1.54) is 20.3 Å². The van der Waals surface area contributed by atoms with Crippen molar-refractivity contribution in [2.75, 3.05) is 14.2 Å². The van der Waals surface area contributed by atoms with Crippen LogP contribution in [0.25, 0.3) is 0 Å². The van der Waals surface area contributed by atoms with E-state index in [4.69, 9.17) is 15.2 Å². The normalized spacial score (nSPS) is 10.1. The molecule has 0 aromatic heterocycles. The Kier molecular flexibility index (Phi) is 3.71. The minimum Gasteiger partial charge on any atom is -0.493 e. The Hall–Kier alpha value is -0.810. The van der Waals surface area contributed by atoms with E-state index in [-0.39, 0.29) is 6.54 Å². The highest BCUT2D eigenvalue weighted by Crippen LogP contribution is 2.36. The van der Waals surface area contributed by atoms with Crippen LogP contribution in [0.5, 0.6) is 11.5 Å². The molecule has 78 valence electrons. The molecule has 0 unspecified atom stereocenters. The Balaban J connectivity index is 3.42. The Morgan fingerprint density at radius 1 is 1.43 bits per heavy atom. The number of nitrogens with two attached hydrogens (primary N) is 1. The highest BCUT2D eigenvalue weighted by atomic mass is 79.9. The zero-order valence-corrected chi connectivity index (χ0v) is 9.52. The molecule has 14 heavy (non-hydrogen) atoms. The van der Waals surface area contributed by atoms with Crippen LogP contribution in [0.4, 0.5) is 4.39 Å². The summed E-state index contributed by atoms with van der Waals surface area (Å²) in [5, 5.41) is 0. The third kappa shape index (κ3) is 1.83. The summed E-state index contributed by atoms with van der Waals surface area (Å²) < 4.78 is 23.9. The lowest BCUT2D eigenvalue weighted by Gasteiger charge is -2.13. The monoisotopic (exact) mass is 263 g/mol. The van der Waals surface area contributed by atoms with Gasteiger partial charge in [0.2, 0.25) is 0 Å². The largest absolute Gasteiger partial charge is 0.493 e. The molecule has 5 heteroatoms. The van der Waals surface area contributed by atoms with E-state index >= 15 is 0 Å². The molecule has 2 N–H and O–H groups in total. The lowest BCUT2D eigenvalue weighted by Crippen LogP contribution is -2.05. The Morgan fingerprint density at radius 3 is 2.50 bits per heavy atom. The van der Waals surface area contributed by atoms with Crippen molar-refractivity contribution >= 4 is 15.9 Å². The van der Waals surface area contributed by atoms with E-state index in [9.17, 15) is 4.39 Å². The number of hydrogen-bond acceptors (Lipinski definition) is 3. The van der Waals surface area contributed by atoms with Crippen LogP contribution in [-0.2, 0) is 6.54 Å². The first kappa shape index (κ1) is 11.3. The zero-order chi connectivity index (χ0) is 10.7. The molecule has 0 spiro atoms. The van der Waals surface area contributed by atoms with Crippen LogP contribution in [-0.4, -0.2) is 14.2 Å². The van der Waals surface area contributed by atoms with Crippen LogP contribution in [0.1, 0.15) is 5.56 Å². The molecule has 1 rings (SSSR count). The van der Waals surface area contributed by atoms with Crippen molar-refractivity contribution in [1.29, 1.82) is 0 Å². The summed E-state index contributed by atoms with van der Waals surface area (Å²) in [6.45, 7) is 0.0603. The molecule has 0 heterocycles. The molecule has 0 amide bonds. The fraction of sp³-hybridized carbons (Fsp3) is 0.333. The average Bonchev–Trinajstić information content (AvgIpc) is 2.20. The third-order valence-corrected chi connectivity index (χ3v) is 2.44. The first-order chi connectivity index (χ1) is 6.65. The summed E-state index contributed by atoms with van der Waals surface area (Å²) in [7, 11) is 2.94. The van der Waals surface area contributed by atoms with Crippen molar-refractivity contribution in [2.45, 2.75) is 6.54 Å². The van der Waals surface area contributed by atoms with Gasteiger partial charge in [0.15, 0.2) is 11.5 Å². The fourth-order valence-corrected chi connectivity index (χ4v) is 1.64. The molecular weight excluding hydrogens is 253 g/mol. The smallest absolute Gasteiger partial charge is 0.168 e. The summed E-state index contributed by atoms with van der Waals surface area (Å²) in [6, 6.07) is 1.51. The fourth-order valence-electron chi connectivity index (χ4n) is 1.19. The minimum atomic E-state index is -0.412. The summed E-state index contributed by atoms with van der Waals surface area (Å²) in [5.41, 5.74) is 5.73. The Bertz CT molecular complexity index is 344. The number of ether oxygens (including phenoxy) is 2. The molecule has 0 aliphatic heterocycles. The van der Waals surface area contributed by atoms with E-state index in [2.05, 4.69) is 15.9 Å². The van der Waals surface area contributed by atoms with Gasteiger partial charge in [-0.3, -0.25) is 0 Å². The standard InChI is InChI=1S/C9H11BrFNO2/c1-13-7-3-6(10)8(11)5(4-12)9(7)14-2/h3H,4,12H2,1-2H3. The first-order valence-corrected chi connectivity index (χ1v) is 4.73. The predicted molar refractivity (Wildman–Crippen MR) is 55.1 cm³/mol. The van der Waals surface area contributed by atoms with Gasteiger partial charge in [0.1, 0.15) is 5.82 Å². The van der Waals surface area contributed by atoms with Crippen LogP contribution in [0.15, 0.2) is 10.5 Å². The van der Waals surface area contributed by atoms with Crippen LogP contribution >= 0.6 is 15.9 Å². The number of rotatable bonds is 3. The van der Waals surface area contributed by atoms with Gasteiger partial charge in [0.25, 0.3) is 0 Å². The average molecular weight is 264 g/mol. The van der Waals surface area contributed by atoms with Gasteiger partial charge in [0.05, 0.1) is 18.7 Å². The van der Waals surface area contributed by atoms with Gasteiger partial charge in [-0.15, -0.1) is 0 Å².